The van der Waals surface area contributed by atoms with Crippen molar-refractivity contribution in [2.24, 2.45) is 11.8 Å². The molecule has 0 saturated carbocycles. The van der Waals surface area contributed by atoms with Crippen LogP contribution >= 0.6 is 0 Å². The Morgan fingerprint density at radius 3 is 2.27 bits per heavy atom. The number of esters is 3. The van der Waals surface area contributed by atoms with Crippen LogP contribution in [-0.2, 0) is 28.5 Å². The van der Waals surface area contributed by atoms with Crippen molar-refractivity contribution in [2.75, 3.05) is 7.11 Å². The van der Waals surface area contributed by atoms with Crippen LogP contribution in [0.4, 0.5) is 5.69 Å². The third kappa shape index (κ3) is 6.41. The Morgan fingerprint density at radius 1 is 1.12 bits per heavy atom. The van der Waals surface area contributed by atoms with Crippen LogP contribution in [0.1, 0.15) is 51.9 Å². The summed E-state index contributed by atoms with van der Waals surface area (Å²) in [5.74, 6) is -3.09. The van der Waals surface area contributed by atoms with Gasteiger partial charge in [-0.2, -0.15) is 0 Å². The molecule has 1 aliphatic rings. The predicted octanol–water partition coefficient (Wildman–Crippen LogP) is 3.03. The van der Waals surface area contributed by atoms with E-state index in [2.05, 4.69) is 0 Å². The van der Waals surface area contributed by atoms with E-state index in [9.17, 15) is 24.5 Å². The third-order valence-corrected chi connectivity index (χ3v) is 5.15. The smallest absolute Gasteiger partial charge is 0.342 e. The SMILES string of the molecule is COC(=O)[C@H]1O[C@@H](Oc2cc([N+](=O)[O-])ccc2C(=O)OC(C)(C)C)[C@H](OC(C)=O)[C@@H](C)[C@@H]1C. The lowest BCUT2D eigenvalue weighted by atomic mass is 9.83. The number of hydrogen-bond donors (Lipinski definition) is 0. The van der Waals surface area contributed by atoms with Gasteiger partial charge >= 0.3 is 17.9 Å². The Hall–Kier alpha value is -3.21. The first-order chi connectivity index (χ1) is 15.2. The molecule has 11 heteroatoms. The second-order valence-corrected chi connectivity index (χ2v) is 8.80. The molecule has 2 rings (SSSR count). The molecule has 0 unspecified atom stereocenters. The highest BCUT2D eigenvalue weighted by atomic mass is 16.7. The van der Waals surface area contributed by atoms with Crippen LogP contribution in [0.15, 0.2) is 18.2 Å². The maximum atomic E-state index is 12.7. The minimum absolute atomic E-state index is 0.0957. The van der Waals surface area contributed by atoms with E-state index in [4.69, 9.17) is 23.7 Å². The molecule has 0 N–H and O–H groups in total. The highest BCUT2D eigenvalue weighted by molar-refractivity contribution is 5.93. The van der Waals surface area contributed by atoms with Gasteiger partial charge in [-0.3, -0.25) is 14.9 Å². The predicted molar refractivity (Wildman–Crippen MR) is 113 cm³/mol. The monoisotopic (exact) mass is 467 g/mol. The summed E-state index contributed by atoms with van der Waals surface area (Å²) in [6, 6.07) is 3.39. The lowest BCUT2D eigenvalue weighted by Gasteiger charge is -2.42. The lowest BCUT2D eigenvalue weighted by molar-refractivity contribution is -0.385. The average Bonchev–Trinajstić information content (AvgIpc) is 2.71. The van der Waals surface area contributed by atoms with Crippen LogP contribution in [-0.4, -0.2) is 54.0 Å². The zero-order chi connectivity index (χ0) is 25.1. The minimum Gasteiger partial charge on any atom is -0.467 e. The molecule has 182 valence electrons. The summed E-state index contributed by atoms with van der Waals surface area (Å²) in [6.07, 6.45) is -3.37. The van der Waals surface area contributed by atoms with Gasteiger partial charge in [0.1, 0.15) is 16.9 Å². The largest absolute Gasteiger partial charge is 0.467 e. The summed E-state index contributed by atoms with van der Waals surface area (Å²) >= 11 is 0. The molecule has 0 radical (unpaired) electrons. The van der Waals surface area contributed by atoms with E-state index in [1.54, 1.807) is 34.6 Å². The van der Waals surface area contributed by atoms with Crippen molar-refractivity contribution in [2.45, 2.75) is 65.6 Å². The topological polar surface area (TPSA) is 140 Å². The fraction of sp³-hybridized carbons (Fsp3) is 0.591. The second kappa shape index (κ2) is 10.2. The summed E-state index contributed by atoms with van der Waals surface area (Å²) in [5.41, 5.74) is -1.28. The van der Waals surface area contributed by atoms with Gasteiger partial charge in [0.05, 0.1) is 18.1 Å². The molecule has 0 amide bonds. The number of carbonyl (C=O) groups is 3. The quantitative estimate of drug-likeness (QED) is 0.265. The van der Waals surface area contributed by atoms with E-state index in [0.29, 0.717) is 0 Å². The van der Waals surface area contributed by atoms with Gasteiger partial charge in [0.25, 0.3) is 5.69 Å². The van der Waals surface area contributed by atoms with Crippen LogP contribution < -0.4 is 4.74 Å². The van der Waals surface area contributed by atoms with Gasteiger partial charge in [-0.15, -0.1) is 0 Å². The molecular formula is C22H29NO10. The van der Waals surface area contributed by atoms with Crippen molar-refractivity contribution in [3.05, 3.63) is 33.9 Å². The molecule has 5 atom stereocenters. The molecular weight excluding hydrogens is 438 g/mol. The van der Waals surface area contributed by atoms with E-state index in [-0.39, 0.29) is 17.0 Å². The van der Waals surface area contributed by atoms with Crippen LogP contribution in [0.5, 0.6) is 5.75 Å². The molecule has 0 bridgehead atoms. The van der Waals surface area contributed by atoms with Crippen LogP contribution in [0.3, 0.4) is 0 Å². The van der Waals surface area contributed by atoms with Gasteiger partial charge < -0.3 is 23.7 Å². The fourth-order valence-electron chi connectivity index (χ4n) is 3.35. The Balaban J connectivity index is 2.51. The van der Waals surface area contributed by atoms with Crippen molar-refractivity contribution >= 4 is 23.6 Å². The van der Waals surface area contributed by atoms with Crippen molar-refractivity contribution in [3.8, 4) is 5.75 Å². The Labute approximate surface area is 191 Å². The molecule has 0 aromatic heterocycles. The first kappa shape index (κ1) is 26.0. The standard InChI is InChI=1S/C22H29NO10/c1-11-12(2)18(30-13(3)24)21(32-17(11)20(26)29-7)31-16-10-14(23(27)28)8-9-15(16)19(25)33-22(4,5)6/h8-12,17-18,21H,1-7H3/t11-,12-,17-,18+,21+/m0/s1. The summed E-state index contributed by atoms with van der Waals surface area (Å²) in [6.45, 7) is 9.69. The minimum atomic E-state index is -1.35. The molecule has 1 heterocycles. The van der Waals surface area contributed by atoms with Gasteiger partial charge in [0.2, 0.25) is 6.29 Å². The number of ether oxygens (including phenoxy) is 5. The normalized spacial score (nSPS) is 25.0. The number of hydrogen-bond acceptors (Lipinski definition) is 10. The van der Waals surface area contributed by atoms with Gasteiger partial charge in [-0.25, -0.2) is 9.59 Å². The van der Waals surface area contributed by atoms with Gasteiger partial charge in [-0.05, 0) is 32.8 Å². The van der Waals surface area contributed by atoms with Crippen molar-refractivity contribution in [3.63, 3.8) is 0 Å². The molecule has 1 aliphatic heterocycles. The first-order valence-electron chi connectivity index (χ1n) is 10.3. The summed E-state index contributed by atoms with van der Waals surface area (Å²) < 4.78 is 27.2. The number of non-ortho nitro benzene ring substituents is 1. The molecule has 0 aliphatic carbocycles. The number of methoxy groups -OCH3 is 1. The molecule has 11 nitrogen and oxygen atoms in total. The molecule has 1 aromatic rings. The van der Waals surface area contributed by atoms with Gasteiger partial charge in [0, 0.05) is 18.9 Å². The number of rotatable bonds is 6. The van der Waals surface area contributed by atoms with Gasteiger partial charge in [-0.1, -0.05) is 13.8 Å². The van der Waals surface area contributed by atoms with E-state index >= 15 is 0 Å². The number of carbonyl (C=O) groups excluding carboxylic acids is 3. The summed E-state index contributed by atoms with van der Waals surface area (Å²) in [7, 11) is 1.21. The highest BCUT2D eigenvalue weighted by Crippen LogP contribution is 2.36. The zero-order valence-electron chi connectivity index (χ0n) is 19.6. The van der Waals surface area contributed by atoms with E-state index in [0.717, 1.165) is 12.1 Å². The van der Waals surface area contributed by atoms with E-state index in [1.807, 2.05) is 0 Å². The Morgan fingerprint density at radius 2 is 1.76 bits per heavy atom. The maximum absolute atomic E-state index is 12.7. The van der Waals surface area contributed by atoms with Crippen LogP contribution in [0.2, 0.25) is 0 Å². The molecule has 1 aromatic carbocycles. The van der Waals surface area contributed by atoms with Crippen LogP contribution in [0, 0.1) is 22.0 Å². The fourth-order valence-corrected chi connectivity index (χ4v) is 3.35. The molecule has 1 fully saturated rings. The third-order valence-electron chi connectivity index (χ3n) is 5.15. The van der Waals surface area contributed by atoms with Crippen molar-refractivity contribution < 1.29 is 43.0 Å². The summed E-state index contributed by atoms with van der Waals surface area (Å²) in [5, 5.41) is 11.3. The number of nitro groups is 1. The maximum Gasteiger partial charge on any atom is 0.342 e. The second-order valence-electron chi connectivity index (χ2n) is 8.80. The molecule has 0 spiro atoms. The first-order valence-corrected chi connectivity index (χ1v) is 10.3. The van der Waals surface area contributed by atoms with E-state index < -0.39 is 58.8 Å². The zero-order valence-corrected chi connectivity index (χ0v) is 19.6. The van der Waals surface area contributed by atoms with Crippen molar-refractivity contribution in [1.82, 2.24) is 0 Å². The average molecular weight is 467 g/mol. The van der Waals surface area contributed by atoms with Gasteiger partial charge in [0.15, 0.2) is 12.2 Å². The summed E-state index contributed by atoms with van der Waals surface area (Å²) in [4.78, 5) is 47.4. The number of nitrogens with zero attached hydrogens (tertiary/aromatic N) is 1. The Kier molecular flexibility index (Phi) is 8.02. The molecule has 33 heavy (non-hydrogen) atoms. The van der Waals surface area contributed by atoms with E-state index in [1.165, 1.54) is 20.1 Å². The Bertz CT molecular complexity index is 922. The molecule has 1 saturated heterocycles. The highest BCUT2D eigenvalue weighted by Gasteiger charge is 2.48. The lowest BCUT2D eigenvalue weighted by Crippen LogP contribution is -2.55. The number of nitro benzene ring substituents is 1. The van der Waals surface area contributed by atoms with Crippen LogP contribution in [0.25, 0.3) is 0 Å². The number of benzene rings is 1. The van der Waals surface area contributed by atoms with Crippen molar-refractivity contribution in [1.29, 1.82) is 0 Å².